The monoisotopic (exact) mass is 451 g/mol. The van der Waals surface area contributed by atoms with Crippen LogP contribution in [0.4, 0.5) is 11.4 Å². The molecule has 3 amide bonds. The summed E-state index contributed by atoms with van der Waals surface area (Å²) in [6.07, 6.45) is 4.06. The van der Waals surface area contributed by atoms with E-state index in [9.17, 15) is 14.4 Å². The third kappa shape index (κ3) is 4.15. The molecule has 1 fully saturated rings. The molecule has 2 aliphatic rings. The Labute approximate surface area is 192 Å². The number of carbonyl (C=O) groups excluding carboxylic acids is 3. The van der Waals surface area contributed by atoms with Crippen molar-refractivity contribution in [2.45, 2.75) is 45.6 Å². The van der Waals surface area contributed by atoms with E-state index in [0.717, 1.165) is 42.7 Å². The Morgan fingerprint density at radius 2 is 1.72 bits per heavy atom. The molecule has 2 aliphatic heterocycles. The van der Waals surface area contributed by atoms with Crippen molar-refractivity contribution >= 4 is 40.7 Å². The van der Waals surface area contributed by atoms with Crippen molar-refractivity contribution in [2.24, 2.45) is 0 Å². The zero-order valence-corrected chi connectivity index (χ0v) is 19.0. The first kappa shape index (κ1) is 22.1. The van der Waals surface area contributed by atoms with Gasteiger partial charge in [-0.2, -0.15) is 0 Å². The molecule has 0 bridgehead atoms. The van der Waals surface area contributed by atoms with Gasteiger partial charge in [0.25, 0.3) is 17.7 Å². The second-order valence-electron chi connectivity index (χ2n) is 8.20. The van der Waals surface area contributed by atoms with Crippen molar-refractivity contribution in [3.8, 4) is 0 Å². The van der Waals surface area contributed by atoms with Crippen molar-refractivity contribution in [1.82, 2.24) is 4.90 Å². The van der Waals surface area contributed by atoms with Gasteiger partial charge in [-0.3, -0.25) is 14.4 Å². The standard InChI is InChI=1S/C25H26ClN3O3/c1-3-17-7-13-20(14-8-17)29-24(31)21(26)22(25(29)32)27-19-11-9-18(10-12-19)23(30)28-15-5-4-6-16(28)2/h7-14,16,27H,3-6,15H2,1-2H3. The van der Waals surface area contributed by atoms with Gasteiger partial charge in [-0.15, -0.1) is 0 Å². The zero-order valence-electron chi connectivity index (χ0n) is 18.2. The van der Waals surface area contributed by atoms with Crippen molar-refractivity contribution < 1.29 is 14.4 Å². The van der Waals surface area contributed by atoms with Gasteiger partial charge in [0, 0.05) is 23.8 Å². The SMILES string of the molecule is CCc1ccc(N2C(=O)C(Cl)=C(Nc3ccc(C(=O)N4CCCCC4C)cc3)C2=O)cc1. The number of imide groups is 1. The number of aryl methyl sites for hydroxylation is 1. The van der Waals surface area contributed by atoms with E-state index < -0.39 is 11.8 Å². The molecule has 1 saturated heterocycles. The molecule has 4 rings (SSSR count). The van der Waals surface area contributed by atoms with Crippen LogP contribution in [0.15, 0.2) is 59.3 Å². The van der Waals surface area contributed by atoms with Crippen molar-refractivity contribution in [2.75, 3.05) is 16.8 Å². The molecule has 2 aromatic carbocycles. The number of hydrogen-bond donors (Lipinski definition) is 1. The van der Waals surface area contributed by atoms with E-state index in [-0.39, 0.29) is 22.7 Å². The van der Waals surface area contributed by atoms with Crippen LogP contribution >= 0.6 is 11.6 Å². The molecule has 2 heterocycles. The summed E-state index contributed by atoms with van der Waals surface area (Å²) in [6, 6.07) is 14.4. The largest absolute Gasteiger partial charge is 0.350 e. The van der Waals surface area contributed by atoms with Gasteiger partial charge in [-0.1, -0.05) is 30.7 Å². The zero-order chi connectivity index (χ0) is 22.8. The molecule has 1 atom stereocenters. The number of rotatable bonds is 5. The van der Waals surface area contributed by atoms with Crippen LogP contribution in [0.3, 0.4) is 0 Å². The topological polar surface area (TPSA) is 69.7 Å². The lowest BCUT2D eigenvalue weighted by Crippen LogP contribution is -2.42. The summed E-state index contributed by atoms with van der Waals surface area (Å²) in [5.41, 5.74) is 2.78. The number of nitrogens with one attached hydrogen (secondary N) is 1. The Bertz CT molecular complexity index is 1080. The lowest BCUT2D eigenvalue weighted by molar-refractivity contribution is -0.120. The van der Waals surface area contributed by atoms with Crippen molar-refractivity contribution in [3.05, 3.63) is 70.4 Å². The average molecular weight is 452 g/mol. The molecule has 6 nitrogen and oxygen atoms in total. The summed E-state index contributed by atoms with van der Waals surface area (Å²) in [4.78, 5) is 41.4. The minimum atomic E-state index is -0.561. The van der Waals surface area contributed by atoms with E-state index in [1.54, 1.807) is 36.4 Å². The highest BCUT2D eigenvalue weighted by Gasteiger charge is 2.39. The lowest BCUT2D eigenvalue weighted by Gasteiger charge is -2.33. The summed E-state index contributed by atoms with van der Waals surface area (Å²) in [5, 5.41) is 2.80. The number of hydrogen-bond acceptors (Lipinski definition) is 4. The number of nitrogens with zero attached hydrogens (tertiary/aromatic N) is 2. The summed E-state index contributed by atoms with van der Waals surface area (Å²) in [5.74, 6) is -1.06. The molecule has 2 aromatic rings. The Morgan fingerprint density at radius 1 is 1.03 bits per heavy atom. The molecule has 7 heteroatoms. The van der Waals surface area contributed by atoms with Gasteiger partial charge in [0.2, 0.25) is 0 Å². The molecule has 0 spiro atoms. The Morgan fingerprint density at radius 3 is 2.34 bits per heavy atom. The molecule has 0 aromatic heterocycles. The van der Waals surface area contributed by atoms with Crippen molar-refractivity contribution in [1.29, 1.82) is 0 Å². The third-order valence-electron chi connectivity index (χ3n) is 6.10. The van der Waals surface area contributed by atoms with Crippen LogP contribution in [0.5, 0.6) is 0 Å². The van der Waals surface area contributed by atoms with E-state index in [2.05, 4.69) is 12.2 Å². The number of halogens is 1. The maximum Gasteiger partial charge on any atom is 0.283 e. The van der Waals surface area contributed by atoms with E-state index in [1.165, 1.54) is 0 Å². The number of amides is 3. The fraction of sp³-hybridized carbons (Fsp3) is 0.320. The number of piperidine rings is 1. The summed E-state index contributed by atoms with van der Waals surface area (Å²) >= 11 is 6.22. The first-order valence-corrected chi connectivity index (χ1v) is 11.3. The Kier molecular flexibility index (Phi) is 6.33. The summed E-state index contributed by atoms with van der Waals surface area (Å²) in [6.45, 7) is 4.88. The highest BCUT2D eigenvalue weighted by atomic mass is 35.5. The molecular formula is C25H26ClN3O3. The number of benzene rings is 2. The highest BCUT2D eigenvalue weighted by Crippen LogP contribution is 2.30. The highest BCUT2D eigenvalue weighted by molar-refractivity contribution is 6.53. The molecule has 0 radical (unpaired) electrons. The van der Waals surface area contributed by atoms with E-state index in [1.807, 2.05) is 24.0 Å². The maximum absolute atomic E-state index is 12.9. The Balaban J connectivity index is 1.49. The fourth-order valence-corrected chi connectivity index (χ4v) is 4.35. The minimum Gasteiger partial charge on any atom is -0.350 e. The van der Waals surface area contributed by atoms with E-state index in [4.69, 9.17) is 11.6 Å². The molecule has 166 valence electrons. The van der Waals surface area contributed by atoms with Gasteiger partial charge in [0.1, 0.15) is 10.7 Å². The number of likely N-dealkylation sites (tertiary alicyclic amines) is 1. The predicted molar refractivity (Wildman–Crippen MR) is 126 cm³/mol. The first-order chi connectivity index (χ1) is 15.4. The third-order valence-corrected chi connectivity index (χ3v) is 6.45. The quantitative estimate of drug-likeness (QED) is 0.669. The second-order valence-corrected chi connectivity index (χ2v) is 8.58. The number of anilines is 2. The fourth-order valence-electron chi connectivity index (χ4n) is 4.13. The normalized spacial score (nSPS) is 19.0. The van der Waals surface area contributed by atoms with Gasteiger partial charge in [-0.05, 0) is 74.6 Å². The predicted octanol–water partition coefficient (Wildman–Crippen LogP) is 4.70. The van der Waals surface area contributed by atoms with Crippen LogP contribution in [-0.2, 0) is 16.0 Å². The Hall–Kier alpha value is -3.12. The van der Waals surface area contributed by atoms with Gasteiger partial charge in [0.05, 0.1) is 5.69 Å². The van der Waals surface area contributed by atoms with Crippen LogP contribution in [0.25, 0.3) is 0 Å². The second kappa shape index (κ2) is 9.17. The minimum absolute atomic E-state index is 0.00909. The summed E-state index contributed by atoms with van der Waals surface area (Å²) in [7, 11) is 0. The molecule has 0 aliphatic carbocycles. The van der Waals surface area contributed by atoms with Gasteiger partial charge in [-0.25, -0.2) is 4.90 Å². The lowest BCUT2D eigenvalue weighted by atomic mass is 10.0. The van der Waals surface area contributed by atoms with Crippen LogP contribution < -0.4 is 10.2 Å². The van der Waals surface area contributed by atoms with Crippen molar-refractivity contribution in [3.63, 3.8) is 0 Å². The maximum atomic E-state index is 12.9. The number of carbonyl (C=O) groups is 3. The van der Waals surface area contributed by atoms with E-state index in [0.29, 0.717) is 16.9 Å². The molecule has 1 unspecified atom stereocenters. The summed E-state index contributed by atoms with van der Waals surface area (Å²) < 4.78 is 0. The van der Waals surface area contributed by atoms with Gasteiger partial charge in [0.15, 0.2) is 0 Å². The van der Waals surface area contributed by atoms with Crippen LogP contribution in [0, 0.1) is 0 Å². The van der Waals surface area contributed by atoms with E-state index >= 15 is 0 Å². The van der Waals surface area contributed by atoms with Crippen LogP contribution in [0.2, 0.25) is 0 Å². The first-order valence-electron chi connectivity index (χ1n) is 11.0. The van der Waals surface area contributed by atoms with Crippen LogP contribution in [0.1, 0.15) is 49.0 Å². The van der Waals surface area contributed by atoms with Gasteiger partial charge < -0.3 is 10.2 Å². The van der Waals surface area contributed by atoms with Crippen LogP contribution in [-0.4, -0.2) is 35.2 Å². The molecule has 32 heavy (non-hydrogen) atoms. The van der Waals surface area contributed by atoms with Gasteiger partial charge >= 0.3 is 0 Å². The molecule has 1 N–H and O–H groups in total. The molecule has 0 saturated carbocycles. The average Bonchev–Trinajstić information content (AvgIpc) is 3.02. The molecular weight excluding hydrogens is 426 g/mol. The smallest absolute Gasteiger partial charge is 0.283 e.